The van der Waals surface area contributed by atoms with Crippen LogP contribution in [0.1, 0.15) is 52.4 Å². The van der Waals surface area contributed by atoms with Gasteiger partial charge in [0.15, 0.2) is 0 Å². The predicted molar refractivity (Wildman–Crippen MR) is 68.4 cm³/mol. The molecule has 0 saturated carbocycles. The molecule has 0 saturated heterocycles. The summed E-state index contributed by atoms with van der Waals surface area (Å²) in [6.07, 6.45) is 6.29. The number of hydrogen-bond donors (Lipinski definition) is 0. The van der Waals surface area contributed by atoms with E-state index in [0.29, 0.717) is 0 Å². The van der Waals surface area contributed by atoms with Crippen molar-refractivity contribution >= 4 is 21.7 Å². The zero-order valence-electron chi connectivity index (χ0n) is 10.4. The molecule has 0 spiro atoms. The highest BCUT2D eigenvalue weighted by Gasteiger charge is 2.23. The van der Waals surface area contributed by atoms with Crippen LogP contribution in [0.25, 0.3) is 0 Å². The van der Waals surface area contributed by atoms with Gasteiger partial charge < -0.3 is 0 Å². The van der Waals surface area contributed by atoms with Crippen LogP contribution in [0, 0.1) is 0 Å². The van der Waals surface area contributed by atoms with E-state index >= 15 is 0 Å². The first-order valence-electron chi connectivity index (χ1n) is 5.93. The van der Waals surface area contributed by atoms with Crippen LogP contribution in [-0.2, 0) is 14.3 Å². The summed E-state index contributed by atoms with van der Waals surface area (Å²) in [6.45, 7) is 4.13. The summed E-state index contributed by atoms with van der Waals surface area (Å²) in [4.78, 5) is 0. The minimum absolute atomic E-state index is 0.211. The van der Waals surface area contributed by atoms with Crippen LogP contribution in [0.4, 0.5) is 0 Å². The van der Waals surface area contributed by atoms with Gasteiger partial charge in [0, 0.05) is 0 Å². The van der Waals surface area contributed by atoms with Crippen molar-refractivity contribution in [2.75, 3.05) is 6.26 Å². The molecule has 0 aliphatic heterocycles. The number of rotatable bonds is 9. The van der Waals surface area contributed by atoms with Gasteiger partial charge in [-0.1, -0.05) is 39.5 Å². The Labute approximate surface area is 105 Å². The lowest BCUT2D eigenvalue weighted by Gasteiger charge is -2.21. The van der Waals surface area contributed by atoms with E-state index in [1.165, 1.54) is 0 Å². The first-order chi connectivity index (χ1) is 7.40. The van der Waals surface area contributed by atoms with Crippen LogP contribution in [0.3, 0.4) is 0 Å². The van der Waals surface area contributed by atoms with Gasteiger partial charge in [-0.15, -0.1) is 11.6 Å². The molecule has 0 bridgehead atoms. The Morgan fingerprint density at radius 1 is 1.12 bits per heavy atom. The standard InChI is InChI=1S/C11H23ClO3S/c1-4-6-7-9-11(10(12)8-5-2)15-16(3,13)14/h10-11H,4-9H2,1-3H3/t10-,11-/m1/s1. The summed E-state index contributed by atoms with van der Waals surface area (Å²) in [7, 11) is -3.41. The summed E-state index contributed by atoms with van der Waals surface area (Å²) >= 11 is 6.14. The molecule has 0 rings (SSSR count). The van der Waals surface area contributed by atoms with Crippen molar-refractivity contribution in [1.29, 1.82) is 0 Å². The molecule has 5 heteroatoms. The second kappa shape index (κ2) is 8.31. The van der Waals surface area contributed by atoms with Crippen molar-refractivity contribution < 1.29 is 12.6 Å². The molecule has 0 aromatic heterocycles. The van der Waals surface area contributed by atoms with Gasteiger partial charge in [-0.3, -0.25) is 4.18 Å². The van der Waals surface area contributed by atoms with Crippen molar-refractivity contribution in [2.24, 2.45) is 0 Å². The van der Waals surface area contributed by atoms with Gasteiger partial charge in [0.2, 0.25) is 0 Å². The van der Waals surface area contributed by atoms with Crippen LogP contribution in [0.5, 0.6) is 0 Å². The Morgan fingerprint density at radius 3 is 2.19 bits per heavy atom. The Bertz CT molecular complexity index is 264. The molecule has 0 aromatic carbocycles. The summed E-state index contributed by atoms with van der Waals surface area (Å²) in [5.74, 6) is 0. The van der Waals surface area contributed by atoms with E-state index in [4.69, 9.17) is 15.8 Å². The first-order valence-corrected chi connectivity index (χ1v) is 8.18. The number of alkyl halides is 1. The highest BCUT2D eigenvalue weighted by atomic mass is 35.5. The third-order valence-electron chi connectivity index (χ3n) is 2.36. The van der Waals surface area contributed by atoms with Crippen molar-refractivity contribution in [3.63, 3.8) is 0 Å². The van der Waals surface area contributed by atoms with E-state index in [1.807, 2.05) is 6.92 Å². The Hall–Kier alpha value is 0.200. The molecule has 16 heavy (non-hydrogen) atoms. The van der Waals surface area contributed by atoms with Crippen molar-refractivity contribution in [1.82, 2.24) is 0 Å². The molecule has 0 aliphatic rings. The number of hydrogen-bond acceptors (Lipinski definition) is 3. The normalized spacial score (nSPS) is 16.0. The molecule has 0 fully saturated rings. The minimum atomic E-state index is -3.41. The summed E-state index contributed by atoms with van der Waals surface area (Å²) in [6, 6.07) is 0. The fourth-order valence-electron chi connectivity index (χ4n) is 1.57. The van der Waals surface area contributed by atoms with Gasteiger partial charge in [0.25, 0.3) is 10.1 Å². The van der Waals surface area contributed by atoms with E-state index in [-0.39, 0.29) is 11.5 Å². The van der Waals surface area contributed by atoms with E-state index in [9.17, 15) is 8.42 Å². The minimum Gasteiger partial charge on any atom is -0.265 e. The second-order valence-electron chi connectivity index (χ2n) is 4.14. The zero-order chi connectivity index (χ0) is 12.6. The molecule has 0 aliphatic carbocycles. The monoisotopic (exact) mass is 270 g/mol. The van der Waals surface area contributed by atoms with Crippen LogP contribution >= 0.6 is 11.6 Å². The van der Waals surface area contributed by atoms with Crippen LogP contribution in [0.2, 0.25) is 0 Å². The smallest absolute Gasteiger partial charge is 0.264 e. The van der Waals surface area contributed by atoms with Crippen molar-refractivity contribution in [3.05, 3.63) is 0 Å². The molecule has 0 radical (unpaired) electrons. The molecule has 2 atom stereocenters. The van der Waals surface area contributed by atoms with Crippen LogP contribution < -0.4 is 0 Å². The van der Waals surface area contributed by atoms with Gasteiger partial charge in [-0.25, -0.2) is 0 Å². The summed E-state index contributed by atoms with van der Waals surface area (Å²) in [5.41, 5.74) is 0. The Morgan fingerprint density at radius 2 is 1.75 bits per heavy atom. The molecule has 98 valence electrons. The number of halogens is 1. The largest absolute Gasteiger partial charge is 0.265 e. The first kappa shape index (κ1) is 16.2. The fourth-order valence-corrected chi connectivity index (χ4v) is 2.71. The van der Waals surface area contributed by atoms with Gasteiger partial charge in [0.1, 0.15) is 0 Å². The summed E-state index contributed by atoms with van der Waals surface area (Å²) < 4.78 is 27.2. The SMILES string of the molecule is CCCCC[C@@H](OS(C)(=O)=O)[C@H](Cl)CCC. The average molecular weight is 271 g/mol. The predicted octanol–water partition coefficient (Wildman–Crippen LogP) is 3.32. The lowest BCUT2D eigenvalue weighted by molar-refractivity contribution is 0.187. The average Bonchev–Trinajstić information content (AvgIpc) is 2.15. The summed E-state index contributed by atoms with van der Waals surface area (Å²) in [5, 5.41) is -0.211. The second-order valence-corrected chi connectivity index (χ2v) is 6.30. The van der Waals surface area contributed by atoms with Crippen LogP contribution in [0.15, 0.2) is 0 Å². The highest BCUT2D eigenvalue weighted by molar-refractivity contribution is 7.86. The number of unbranched alkanes of at least 4 members (excludes halogenated alkanes) is 2. The van der Waals surface area contributed by atoms with Crippen LogP contribution in [-0.4, -0.2) is 26.2 Å². The lowest BCUT2D eigenvalue weighted by atomic mass is 10.1. The van der Waals surface area contributed by atoms with E-state index in [2.05, 4.69) is 6.92 Å². The Kier molecular flexibility index (Phi) is 8.42. The van der Waals surface area contributed by atoms with Crippen molar-refractivity contribution in [3.8, 4) is 0 Å². The zero-order valence-corrected chi connectivity index (χ0v) is 12.0. The maximum absolute atomic E-state index is 11.1. The van der Waals surface area contributed by atoms with Gasteiger partial charge in [-0.05, 0) is 12.8 Å². The topological polar surface area (TPSA) is 43.4 Å². The Balaban J connectivity index is 4.26. The molecule has 0 heterocycles. The molecule has 0 unspecified atom stereocenters. The van der Waals surface area contributed by atoms with Gasteiger partial charge >= 0.3 is 0 Å². The quantitative estimate of drug-likeness (QED) is 0.367. The molecular formula is C11H23ClO3S. The van der Waals surface area contributed by atoms with Gasteiger partial charge in [-0.2, -0.15) is 8.42 Å². The van der Waals surface area contributed by atoms with E-state index in [1.54, 1.807) is 0 Å². The maximum atomic E-state index is 11.1. The highest BCUT2D eigenvalue weighted by Crippen LogP contribution is 2.20. The molecular weight excluding hydrogens is 248 g/mol. The van der Waals surface area contributed by atoms with E-state index in [0.717, 1.165) is 44.8 Å². The molecule has 3 nitrogen and oxygen atoms in total. The molecule has 0 amide bonds. The third-order valence-corrected chi connectivity index (χ3v) is 3.45. The lowest BCUT2D eigenvalue weighted by Crippen LogP contribution is -2.27. The molecule has 0 N–H and O–H groups in total. The maximum Gasteiger partial charge on any atom is 0.264 e. The third kappa shape index (κ3) is 8.36. The van der Waals surface area contributed by atoms with Crippen molar-refractivity contribution in [2.45, 2.75) is 63.9 Å². The van der Waals surface area contributed by atoms with E-state index < -0.39 is 10.1 Å². The molecule has 0 aromatic rings. The fraction of sp³-hybridized carbons (Fsp3) is 1.00. The van der Waals surface area contributed by atoms with Gasteiger partial charge in [0.05, 0.1) is 17.7 Å².